The van der Waals surface area contributed by atoms with Gasteiger partial charge >= 0.3 is 0 Å². The summed E-state index contributed by atoms with van der Waals surface area (Å²) in [5.74, 6) is 0.462. The Morgan fingerprint density at radius 3 is 2.38 bits per heavy atom. The first-order valence-corrected chi connectivity index (χ1v) is 5.74. The standard InChI is InChI=1S/C13H13NOS/c1-9-2-4-10(5-3-9)12-7-6-11(8-16)13(15)14-12/h2-7,16H,8H2,1H3,(H,14,15). The highest BCUT2D eigenvalue weighted by atomic mass is 32.1. The Kier molecular flexibility index (Phi) is 3.15. The third-order valence-electron chi connectivity index (χ3n) is 2.52. The number of aromatic amines is 1. The van der Waals surface area contributed by atoms with E-state index >= 15 is 0 Å². The van der Waals surface area contributed by atoms with Crippen LogP contribution in [0.15, 0.2) is 41.2 Å². The SMILES string of the molecule is Cc1ccc(-c2ccc(CS)c(=O)[nH]2)cc1. The minimum absolute atomic E-state index is 0.0620. The molecule has 1 aromatic heterocycles. The largest absolute Gasteiger partial charge is 0.322 e. The normalized spacial score (nSPS) is 10.4. The van der Waals surface area contributed by atoms with Crippen molar-refractivity contribution >= 4 is 12.6 Å². The molecule has 1 aromatic carbocycles. The van der Waals surface area contributed by atoms with Gasteiger partial charge in [-0.15, -0.1) is 0 Å². The summed E-state index contributed by atoms with van der Waals surface area (Å²) in [6.45, 7) is 2.04. The van der Waals surface area contributed by atoms with Crippen LogP contribution in [0, 0.1) is 6.92 Å². The minimum atomic E-state index is -0.0620. The van der Waals surface area contributed by atoms with E-state index in [9.17, 15) is 4.79 Å². The molecule has 0 aliphatic rings. The predicted molar refractivity (Wildman–Crippen MR) is 69.9 cm³/mol. The predicted octanol–water partition coefficient (Wildman–Crippen LogP) is 2.78. The fraction of sp³-hybridized carbons (Fsp3) is 0.154. The van der Waals surface area contributed by atoms with E-state index in [1.165, 1.54) is 5.56 Å². The van der Waals surface area contributed by atoms with Gasteiger partial charge in [-0.25, -0.2) is 0 Å². The number of H-pyrrole nitrogens is 1. The number of rotatable bonds is 2. The van der Waals surface area contributed by atoms with E-state index in [0.29, 0.717) is 11.3 Å². The zero-order valence-corrected chi connectivity index (χ0v) is 9.92. The second kappa shape index (κ2) is 4.58. The zero-order chi connectivity index (χ0) is 11.5. The van der Waals surface area contributed by atoms with Crippen LogP contribution in [-0.4, -0.2) is 4.98 Å². The summed E-state index contributed by atoms with van der Waals surface area (Å²) in [4.78, 5) is 14.5. The molecule has 2 aromatic rings. The molecule has 1 heterocycles. The van der Waals surface area contributed by atoms with E-state index in [-0.39, 0.29) is 5.56 Å². The lowest BCUT2D eigenvalue weighted by Crippen LogP contribution is -2.11. The van der Waals surface area contributed by atoms with Crippen molar-refractivity contribution in [2.75, 3.05) is 0 Å². The number of hydrogen-bond acceptors (Lipinski definition) is 2. The second-order valence-corrected chi connectivity index (χ2v) is 4.07. The monoisotopic (exact) mass is 231 g/mol. The first-order chi connectivity index (χ1) is 7.70. The van der Waals surface area contributed by atoms with Crippen LogP contribution in [0.3, 0.4) is 0 Å². The molecule has 0 spiro atoms. The van der Waals surface area contributed by atoms with E-state index in [1.807, 2.05) is 43.3 Å². The summed E-state index contributed by atoms with van der Waals surface area (Å²) >= 11 is 4.09. The molecule has 2 nitrogen and oxygen atoms in total. The average molecular weight is 231 g/mol. The minimum Gasteiger partial charge on any atom is -0.322 e. The van der Waals surface area contributed by atoms with Gasteiger partial charge in [-0.05, 0) is 18.6 Å². The molecule has 0 aliphatic heterocycles. The number of pyridine rings is 1. The molecule has 0 atom stereocenters. The number of nitrogens with one attached hydrogen (secondary N) is 1. The van der Waals surface area contributed by atoms with E-state index in [1.54, 1.807) is 0 Å². The summed E-state index contributed by atoms with van der Waals surface area (Å²) < 4.78 is 0. The molecule has 0 fully saturated rings. The highest BCUT2D eigenvalue weighted by Crippen LogP contribution is 2.16. The van der Waals surface area contributed by atoms with Gasteiger partial charge in [0.2, 0.25) is 0 Å². The van der Waals surface area contributed by atoms with Gasteiger partial charge in [-0.1, -0.05) is 35.9 Å². The molecule has 0 saturated heterocycles. The van der Waals surface area contributed by atoms with Crippen molar-refractivity contribution in [3.05, 3.63) is 57.9 Å². The van der Waals surface area contributed by atoms with Crippen molar-refractivity contribution < 1.29 is 0 Å². The highest BCUT2D eigenvalue weighted by Gasteiger charge is 2.01. The summed E-state index contributed by atoms with van der Waals surface area (Å²) in [5, 5.41) is 0. The smallest absolute Gasteiger partial charge is 0.252 e. The third-order valence-corrected chi connectivity index (χ3v) is 2.86. The van der Waals surface area contributed by atoms with Gasteiger partial charge in [0.1, 0.15) is 0 Å². The molecule has 0 radical (unpaired) electrons. The molecule has 0 saturated carbocycles. The molecule has 0 bridgehead atoms. The molecule has 16 heavy (non-hydrogen) atoms. The molecular weight excluding hydrogens is 218 g/mol. The third kappa shape index (κ3) is 2.19. The van der Waals surface area contributed by atoms with Crippen molar-refractivity contribution in [2.45, 2.75) is 12.7 Å². The van der Waals surface area contributed by atoms with Gasteiger partial charge in [0.05, 0.1) is 0 Å². The zero-order valence-electron chi connectivity index (χ0n) is 9.03. The van der Waals surface area contributed by atoms with Crippen molar-refractivity contribution in [2.24, 2.45) is 0 Å². The van der Waals surface area contributed by atoms with Crippen LogP contribution in [0.5, 0.6) is 0 Å². The molecule has 0 unspecified atom stereocenters. The lowest BCUT2D eigenvalue weighted by molar-refractivity contribution is 1.17. The van der Waals surface area contributed by atoms with Gasteiger partial charge in [0.25, 0.3) is 5.56 Å². The Morgan fingerprint density at radius 1 is 1.12 bits per heavy atom. The maximum atomic E-state index is 11.6. The van der Waals surface area contributed by atoms with Crippen LogP contribution in [-0.2, 0) is 5.75 Å². The van der Waals surface area contributed by atoms with Crippen LogP contribution in [0.2, 0.25) is 0 Å². The Morgan fingerprint density at radius 2 is 1.81 bits per heavy atom. The summed E-state index contributed by atoms with van der Waals surface area (Å²) in [6, 6.07) is 11.8. The lowest BCUT2D eigenvalue weighted by atomic mass is 10.1. The summed E-state index contributed by atoms with van der Waals surface area (Å²) in [6.07, 6.45) is 0. The van der Waals surface area contributed by atoms with Crippen molar-refractivity contribution in [1.82, 2.24) is 4.98 Å². The molecule has 1 N–H and O–H groups in total. The van der Waals surface area contributed by atoms with E-state index in [0.717, 1.165) is 11.3 Å². The fourth-order valence-corrected chi connectivity index (χ4v) is 1.78. The first kappa shape index (κ1) is 11.0. The molecular formula is C13H13NOS. The second-order valence-electron chi connectivity index (χ2n) is 3.75. The maximum absolute atomic E-state index is 11.6. The van der Waals surface area contributed by atoms with Gasteiger partial charge < -0.3 is 4.98 Å². The molecule has 2 rings (SSSR count). The van der Waals surface area contributed by atoms with Crippen LogP contribution >= 0.6 is 12.6 Å². The van der Waals surface area contributed by atoms with Gasteiger partial charge in [-0.2, -0.15) is 12.6 Å². The Bertz CT molecular complexity index is 543. The van der Waals surface area contributed by atoms with Crippen LogP contribution < -0.4 is 5.56 Å². The topological polar surface area (TPSA) is 32.9 Å². The van der Waals surface area contributed by atoms with Gasteiger partial charge in [0, 0.05) is 17.0 Å². The lowest BCUT2D eigenvalue weighted by Gasteiger charge is -2.03. The van der Waals surface area contributed by atoms with E-state index in [4.69, 9.17) is 0 Å². The highest BCUT2D eigenvalue weighted by molar-refractivity contribution is 7.79. The molecule has 82 valence electrons. The number of thiol groups is 1. The number of aryl methyl sites for hydroxylation is 1. The Hall–Kier alpha value is -1.48. The summed E-state index contributed by atoms with van der Waals surface area (Å²) in [7, 11) is 0. The van der Waals surface area contributed by atoms with Crippen LogP contribution in [0.4, 0.5) is 0 Å². The molecule has 3 heteroatoms. The van der Waals surface area contributed by atoms with Gasteiger partial charge in [-0.3, -0.25) is 4.79 Å². The van der Waals surface area contributed by atoms with Crippen molar-refractivity contribution in [3.8, 4) is 11.3 Å². The van der Waals surface area contributed by atoms with Gasteiger partial charge in [0.15, 0.2) is 0 Å². The maximum Gasteiger partial charge on any atom is 0.252 e. The first-order valence-electron chi connectivity index (χ1n) is 5.11. The fourth-order valence-electron chi connectivity index (χ4n) is 1.53. The molecule has 0 amide bonds. The average Bonchev–Trinajstić information content (AvgIpc) is 2.30. The van der Waals surface area contributed by atoms with Crippen LogP contribution in [0.25, 0.3) is 11.3 Å². The quantitative estimate of drug-likeness (QED) is 0.765. The Labute approximate surface area is 99.8 Å². The molecule has 0 aliphatic carbocycles. The number of aromatic nitrogens is 1. The van der Waals surface area contributed by atoms with Crippen molar-refractivity contribution in [3.63, 3.8) is 0 Å². The van der Waals surface area contributed by atoms with E-state index in [2.05, 4.69) is 17.6 Å². The summed E-state index contributed by atoms with van der Waals surface area (Å²) in [5.41, 5.74) is 3.70. The van der Waals surface area contributed by atoms with Crippen molar-refractivity contribution in [1.29, 1.82) is 0 Å². The number of hydrogen-bond donors (Lipinski definition) is 2. The van der Waals surface area contributed by atoms with E-state index < -0.39 is 0 Å². The Balaban J connectivity index is 2.45. The number of benzene rings is 1. The van der Waals surface area contributed by atoms with Crippen LogP contribution in [0.1, 0.15) is 11.1 Å².